The number of nitrogens with zero attached hydrogens (tertiary/aromatic N) is 3. The van der Waals surface area contributed by atoms with Gasteiger partial charge >= 0.3 is 0 Å². The van der Waals surface area contributed by atoms with E-state index >= 15 is 0 Å². The zero-order chi connectivity index (χ0) is 19.7. The molecule has 1 aliphatic rings. The minimum atomic E-state index is -0.436. The van der Waals surface area contributed by atoms with Crippen LogP contribution in [-0.2, 0) is 4.79 Å². The first-order valence-electron chi connectivity index (χ1n) is 9.06. The molecule has 28 heavy (non-hydrogen) atoms. The van der Waals surface area contributed by atoms with Crippen molar-refractivity contribution in [2.24, 2.45) is 0 Å². The van der Waals surface area contributed by atoms with Crippen LogP contribution in [0.4, 0.5) is 5.69 Å². The van der Waals surface area contributed by atoms with E-state index in [1.807, 2.05) is 24.3 Å². The second-order valence-corrected chi connectivity index (χ2v) is 8.06. The van der Waals surface area contributed by atoms with E-state index in [0.717, 1.165) is 12.8 Å². The standard InChI is InChI=1S/C21H18N4O2S/c1-13(19(26)23-15-8-6-14(12-22)7-9-15)28-21-24-18-5-3-2-4-17(18)20(27)25(21)16-10-11-16/h2-9,13,16H,10-11H2,1H3,(H,23,26)/t13-/m1/s1. The third kappa shape index (κ3) is 3.64. The van der Waals surface area contributed by atoms with E-state index in [4.69, 9.17) is 5.26 Å². The molecule has 1 fully saturated rings. The molecule has 0 bridgehead atoms. The summed E-state index contributed by atoms with van der Waals surface area (Å²) in [5.74, 6) is -0.181. The molecular formula is C21H18N4O2S. The molecule has 140 valence electrons. The van der Waals surface area contributed by atoms with Gasteiger partial charge in [0.25, 0.3) is 5.56 Å². The van der Waals surface area contributed by atoms with E-state index in [2.05, 4.69) is 10.3 Å². The molecule has 4 rings (SSSR count). The summed E-state index contributed by atoms with van der Waals surface area (Å²) in [6.45, 7) is 1.79. The number of anilines is 1. The van der Waals surface area contributed by atoms with Crippen molar-refractivity contribution < 1.29 is 4.79 Å². The smallest absolute Gasteiger partial charge is 0.262 e. The Balaban J connectivity index is 1.58. The van der Waals surface area contributed by atoms with Crippen LogP contribution in [0.5, 0.6) is 0 Å². The molecule has 0 radical (unpaired) electrons. The summed E-state index contributed by atoms with van der Waals surface area (Å²) in [5, 5.41) is 12.5. The second kappa shape index (κ2) is 7.49. The first-order valence-corrected chi connectivity index (χ1v) is 9.94. The van der Waals surface area contributed by atoms with Crippen LogP contribution in [0.1, 0.15) is 31.4 Å². The third-order valence-electron chi connectivity index (χ3n) is 4.62. The Morgan fingerprint density at radius 3 is 2.64 bits per heavy atom. The van der Waals surface area contributed by atoms with Gasteiger partial charge < -0.3 is 5.32 Å². The molecule has 1 heterocycles. The maximum atomic E-state index is 12.9. The predicted molar refractivity (Wildman–Crippen MR) is 109 cm³/mol. The molecule has 1 aromatic heterocycles. The number of carbonyl (C=O) groups excluding carboxylic acids is 1. The van der Waals surface area contributed by atoms with E-state index in [-0.39, 0.29) is 17.5 Å². The number of fused-ring (bicyclic) bond motifs is 1. The summed E-state index contributed by atoms with van der Waals surface area (Å²) in [6, 6.07) is 16.2. The molecule has 1 amide bonds. The molecule has 1 aliphatic carbocycles. The van der Waals surface area contributed by atoms with Crippen molar-refractivity contribution in [3.8, 4) is 6.07 Å². The van der Waals surface area contributed by atoms with Gasteiger partial charge in [-0.25, -0.2) is 4.98 Å². The van der Waals surface area contributed by atoms with Gasteiger partial charge in [0.15, 0.2) is 5.16 Å². The molecule has 1 N–H and O–H groups in total. The van der Waals surface area contributed by atoms with E-state index in [0.29, 0.717) is 27.3 Å². The van der Waals surface area contributed by atoms with Crippen molar-refractivity contribution in [2.75, 3.05) is 5.32 Å². The number of nitrogens with one attached hydrogen (secondary N) is 1. The number of benzene rings is 2. The monoisotopic (exact) mass is 390 g/mol. The number of para-hydroxylation sites is 1. The fourth-order valence-corrected chi connectivity index (χ4v) is 3.93. The van der Waals surface area contributed by atoms with Gasteiger partial charge in [0.05, 0.1) is 27.8 Å². The number of carbonyl (C=O) groups is 1. The predicted octanol–water partition coefficient (Wildman–Crippen LogP) is 3.72. The van der Waals surface area contributed by atoms with Crippen LogP contribution in [0.25, 0.3) is 10.9 Å². The highest BCUT2D eigenvalue weighted by Gasteiger charge is 2.30. The molecule has 1 atom stereocenters. The summed E-state index contributed by atoms with van der Waals surface area (Å²) in [5.41, 5.74) is 1.76. The number of rotatable bonds is 5. The lowest BCUT2D eigenvalue weighted by Crippen LogP contribution is -2.26. The van der Waals surface area contributed by atoms with Crippen molar-refractivity contribution >= 4 is 34.3 Å². The SMILES string of the molecule is C[C@@H](Sc1nc2ccccc2c(=O)n1C1CC1)C(=O)Nc1ccc(C#N)cc1. The maximum absolute atomic E-state index is 12.9. The van der Waals surface area contributed by atoms with E-state index < -0.39 is 5.25 Å². The summed E-state index contributed by atoms with van der Waals surface area (Å²) in [4.78, 5) is 30.2. The fourth-order valence-electron chi connectivity index (χ4n) is 2.95. The summed E-state index contributed by atoms with van der Waals surface area (Å²) in [7, 11) is 0. The minimum Gasteiger partial charge on any atom is -0.325 e. The number of hydrogen-bond donors (Lipinski definition) is 1. The van der Waals surface area contributed by atoms with E-state index in [1.54, 1.807) is 41.8 Å². The van der Waals surface area contributed by atoms with Crippen LogP contribution in [0, 0.1) is 11.3 Å². The highest BCUT2D eigenvalue weighted by molar-refractivity contribution is 8.00. The molecule has 3 aromatic rings. The van der Waals surface area contributed by atoms with Gasteiger partial charge in [-0.05, 0) is 56.2 Å². The first kappa shape index (κ1) is 18.3. The average molecular weight is 390 g/mol. The van der Waals surface area contributed by atoms with Crippen LogP contribution in [0.15, 0.2) is 58.5 Å². The third-order valence-corrected chi connectivity index (χ3v) is 5.69. The Labute approximate surface area is 166 Å². The lowest BCUT2D eigenvalue weighted by molar-refractivity contribution is -0.115. The summed E-state index contributed by atoms with van der Waals surface area (Å²) >= 11 is 1.29. The van der Waals surface area contributed by atoms with Crippen molar-refractivity contribution in [3.63, 3.8) is 0 Å². The number of amides is 1. The van der Waals surface area contributed by atoms with Crippen molar-refractivity contribution in [1.82, 2.24) is 9.55 Å². The molecule has 7 heteroatoms. The normalized spacial score (nSPS) is 14.4. The van der Waals surface area contributed by atoms with Gasteiger partial charge in [-0.15, -0.1) is 0 Å². The summed E-state index contributed by atoms with van der Waals surface area (Å²) < 4.78 is 1.73. The van der Waals surface area contributed by atoms with Gasteiger partial charge in [0.2, 0.25) is 5.91 Å². The number of hydrogen-bond acceptors (Lipinski definition) is 5. The van der Waals surface area contributed by atoms with Crippen LogP contribution in [0.2, 0.25) is 0 Å². The van der Waals surface area contributed by atoms with Crippen molar-refractivity contribution in [3.05, 3.63) is 64.4 Å². The van der Waals surface area contributed by atoms with Gasteiger partial charge in [-0.1, -0.05) is 23.9 Å². The van der Waals surface area contributed by atoms with Crippen molar-refractivity contribution in [2.45, 2.75) is 36.2 Å². The molecule has 0 saturated heterocycles. The van der Waals surface area contributed by atoms with Crippen LogP contribution < -0.4 is 10.9 Å². The molecule has 1 saturated carbocycles. The lowest BCUT2D eigenvalue weighted by Gasteiger charge is -2.16. The van der Waals surface area contributed by atoms with Crippen LogP contribution in [-0.4, -0.2) is 20.7 Å². The van der Waals surface area contributed by atoms with E-state index in [1.165, 1.54) is 11.8 Å². The van der Waals surface area contributed by atoms with E-state index in [9.17, 15) is 9.59 Å². The summed E-state index contributed by atoms with van der Waals surface area (Å²) in [6.07, 6.45) is 1.92. The van der Waals surface area contributed by atoms with Gasteiger partial charge in [-0.2, -0.15) is 5.26 Å². The lowest BCUT2D eigenvalue weighted by atomic mass is 10.2. The largest absolute Gasteiger partial charge is 0.325 e. The molecule has 0 aliphatic heterocycles. The quantitative estimate of drug-likeness (QED) is 0.530. The minimum absolute atomic E-state index is 0.0460. The van der Waals surface area contributed by atoms with Gasteiger partial charge in [0.1, 0.15) is 0 Å². The van der Waals surface area contributed by atoms with Crippen molar-refractivity contribution in [1.29, 1.82) is 5.26 Å². The number of aromatic nitrogens is 2. The Hall–Kier alpha value is -3.11. The Kier molecular flexibility index (Phi) is 4.88. The maximum Gasteiger partial charge on any atom is 0.262 e. The molecule has 0 spiro atoms. The number of nitriles is 1. The topological polar surface area (TPSA) is 87.8 Å². The highest BCUT2D eigenvalue weighted by atomic mass is 32.2. The van der Waals surface area contributed by atoms with Crippen LogP contribution in [0.3, 0.4) is 0 Å². The Bertz CT molecular complexity index is 1140. The average Bonchev–Trinajstić information content (AvgIpc) is 3.53. The molecule has 0 unspecified atom stereocenters. The second-order valence-electron chi connectivity index (χ2n) is 6.76. The molecule has 6 nitrogen and oxygen atoms in total. The Morgan fingerprint density at radius 1 is 1.25 bits per heavy atom. The highest BCUT2D eigenvalue weighted by Crippen LogP contribution is 2.37. The zero-order valence-corrected chi connectivity index (χ0v) is 16.1. The van der Waals surface area contributed by atoms with Gasteiger partial charge in [-0.3, -0.25) is 14.2 Å². The van der Waals surface area contributed by atoms with Crippen LogP contribution >= 0.6 is 11.8 Å². The Morgan fingerprint density at radius 2 is 1.96 bits per heavy atom. The molecular weight excluding hydrogens is 372 g/mol. The van der Waals surface area contributed by atoms with Gasteiger partial charge in [0, 0.05) is 11.7 Å². The zero-order valence-electron chi connectivity index (χ0n) is 15.3. The fraction of sp³-hybridized carbons (Fsp3) is 0.238. The number of thioether (sulfide) groups is 1. The molecule has 2 aromatic carbocycles. The first-order chi connectivity index (χ1) is 13.6.